The lowest BCUT2D eigenvalue weighted by atomic mass is 10.1. The van der Waals surface area contributed by atoms with Crippen LogP contribution < -0.4 is 0 Å². The Balaban J connectivity index is 2.22. The van der Waals surface area contributed by atoms with Gasteiger partial charge in [-0.05, 0) is 12.3 Å². The highest BCUT2D eigenvalue weighted by atomic mass is 16.6. The maximum atomic E-state index is 11.0. The number of carbonyl (C=O) groups is 2. The first-order chi connectivity index (χ1) is 6.59. The third-order valence-electron chi connectivity index (χ3n) is 2.23. The number of hydrogen-bond donors (Lipinski definition) is 1. The molecule has 14 heavy (non-hydrogen) atoms. The third kappa shape index (κ3) is 3.24. The quantitative estimate of drug-likeness (QED) is 0.718. The first kappa shape index (κ1) is 10.8. The van der Waals surface area contributed by atoms with Crippen molar-refractivity contribution in [3.63, 3.8) is 0 Å². The van der Waals surface area contributed by atoms with E-state index >= 15 is 0 Å². The molecule has 1 N–H and O–H groups in total. The van der Waals surface area contributed by atoms with E-state index in [1.54, 1.807) is 4.90 Å². The van der Waals surface area contributed by atoms with Gasteiger partial charge in [-0.3, -0.25) is 4.79 Å². The van der Waals surface area contributed by atoms with Gasteiger partial charge in [-0.25, -0.2) is 4.79 Å². The zero-order valence-electron chi connectivity index (χ0n) is 8.23. The summed E-state index contributed by atoms with van der Waals surface area (Å²) in [4.78, 5) is 23.0. The molecule has 0 spiro atoms. The summed E-state index contributed by atoms with van der Waals surface area (Å²) >= 11 is 0. The van der Waals surface area contributed by atoms with Crippen LogP contribution in [0.2, 0.25) is 0 Å². The maximum Gasteiger partial charge on any atom is 0.409 e. The number of ether oxygens (including phenoxy) is 1. The molecule has 5 nitrogen and oxygen atoms in total. The van der Waals surface area contributed by atoms with E-state index in [0.717, 1.165) is 0 Å². The summed E-state index contributed by atoms with van der Waals surface area (Å²) in [5.41, 5.74) is 0. The van der Waals surface area contributed by atoms with E-state index in [1.807, 2.05) is 6.92 Å². The maximum absolute atomic E-state index is 11.0. The van der Waals surface area contributed by atoms with Gasteiger partial charge < -0.3 is 14.7 Å². The topological polar surface area (TPSA) is 66.8 Å². The highest BCUT2D eigenvalue weighted by molar-refractivity contribution is 5.69. The lowest BCUT2D eigenvalue weighted by Gasteiger charge is -2.17. The van der Waals surface area contributed by atoms with Crippen LogP contribution in [0, 0.1) is 5.92 Å². The normalized spacial score (nSPS) is 18.1. The first-order valence-corrected chi connectivity index (χ1v) is 4.73. The molecule has 0 saturated carbocycles. The molecular formula is C9H15NO4. The molecule has 1 amide bonds. The molecule has 1 heterocycles. The average molecular weight is 201 g/mol. The van der Waals surface area contributed by atoms with Crippen LogP contribution >= 0.6 is 0 Å². The minimum atomic E-state index is -0.791. The van der Waals surface area contributed by atoms with Crippen molar-refractivity contribution < 1.29 is 19.4 Å². The summed E-state index contributed by atoms with van der Waals surface area (Å²) in [6.07, 6.45) is 0.468. The van der Waals surface area contributed by atoms with Crippen LogP contribution in [-0.2, 0) is 9.53 Å². The Morgan fingerprint density at radius 2 is 2.43 bits per heavy atom. The van der Waals surface area contributed by atoms with Gasteiger partial charge in [0.2, 0.25) is 0 Å². The van der Waals surface area contributed by atoms with E-state index in [1.165, 1.54) is 0 Å². The molecule has 1 fully saturated rings. The van der Waals surface area contributed by atoms with Gasteiger partial charge in [-0.2, -0.15) is 0 Å². The highest BCUT2D eigenvalue weighted by Gasteiger charge is 2.23. The summed E-state index contributed by atoms with van der Waals surface area (Å²) in [6, 6.07) is 0. The van der Waals surface area contributed by atoms with Crippen molar-refractivity contribution in [1.82, 2.24) is 4.90 Å². The van der Waals surface area contributed by atoms with Crippen molar-refractivity contribution in [3.8, 4) is 0 Å². The predicted octanol–water partition coefficient (Wildman–Crippen LogP) is 0.940. The summed E-state index contributed by atoms with van der Waals surface area (Å²) < 4.78 is 4.76. The summed E-state index contributed by atoms with van der Waals surface area (Å²) in [5.74, 6) is -0.586. The molecule has 0 bridgehead atoms. The molecule has 5 heteroatoms. The van der Waals surface area contributed by atoms with Crippen LogP contribution in [-0.4, -0.2) is 41.8 Å². The highest BCUT2D eigenvalue weighted by Crippen LogP contribution is 2.11. The molecule has 1 aliphatic rings. The summed E-state index contributed by atoms with van der Waals surface area (Å²) in [6.45, 7) is 3.60. The van der Waals surface area contributed by atoms with Crippen LogP contribution in [0.1, 0.15) is 19.8 Å². The molecule has 0 aromatic carbocycles. The summed E-state index contributed by atoms with van der Waals surface area (Å²) in [5, 5.41) is 8.47. The zero-order chi connectivity index (χ0) is 10.6. The molecule has 80 valence electrons. The van der Waals surface area contributed by atoms with Crippen molar-refractivity contribution in [2.75, 3.05) is 19.7 Å². The molecule has 1 unspecified atom stereocenters. The molecule has 1 saturated heterocycles. The van der Waals surface area contributed by atoms with Crippen LogP contribution in [0.4, 0.5) is 4.79 Å². The smallest absolute Gasteiger partial charge is 0.409 e. The fraction of sp³-hybridized carbons (Fsp3) is 0.778. The van der Waals surface area contributed by atoms with Gasteiger partial charge in [-0.1, -0.05) is 6.92 Å². The number of cyclic esters (lactones) is 1. The van der Waals surface area contributed by atoms with Gasteiger partial charge in [0.25, 0.3) is 0 Å². The molecule has 1 aliphatic heterocycles. The van der Waals surface area contributed by atoms with Gasteiger partial charge in [0.15, 0.2) is 0 Å². The number of carboxylic acids is 1. The van der Waals surface area contributed by atoms with E-state index in [0.29, 0.717) is 26.1 Å². The van der Waals surface area contributed by atoms with Gasteiger partial charge >= 0.3 is 12.1 Å². The predicted molar refractivity (Wildman–Crippen MR) is 49.0 cm³/mol. The molecule has 0 aromatic heterocycles. The largest absolute Gasteiger partial charge is 0.481 e. The van der Waals surface area contributed by atoms with E-state index in [-0.39, 0.29) is 18.4 Å². The Morgan fingerprint density at radius 3 is 2.93 bits per heavy atom. The van der Waals surface area contributed by atoms with Gasteiger partial charge in [0, 0.05) is 13.0 Å². The van der Waals surface area contributed by atoms with E-state index < -0.39 is 5.97 Å². The van der Waals surface area contributed by atoms with E-state index in [9.17, 15) is 9.59 Å². The molecule has 0 aromatic rings. The Labute approximate surface area is 82.6 Å². The van der Waals surface area contributed by atoms with Crippen molar-refractivity contribution in [1.29, 1.82) is 0 Å². The Hall–Kier alpha value is -1.26. The second-order valence-corrected chi connectivity index (χ2v) is 3.60. The number of hydrogen-bond acceptors (Lipinski definition) is 3. The summed E-state index contributed by atoms with van der Waals surface area (Å²) in [7, 11) is 0. The second kappa shape index (κ2) is 4.83. The first-order valence-electron chi connectivity index (χ1n) is 4.73. The van der Waals surface area contributed by atoms with Crippen molar-refractivity contribution in [2.24, 2.45) is 5.92 Å². The van der Waals surface area contributed by atoms with Crippen LogP contribution in [0.3, 0.4) is 0 Å². The number of nitrogens with zero attached hydrogens (tertiary/aromatic N) is 1. The minimum Gasteiger partial charge on any atom is -0.481 e. The molecular weight excluding hydrogens is 186 g/mol. The minimum absolute atomic E-state index is 0.157. The van der Waals surface area contributed by atoms with Crippen LogP contribution in [0.15, 0.2) is 0 Å². The van der Waals surface area contributed by atoms with Crippen molar-refractivity contribution >= 4 is 12.1 Å². The Morgan fingerprint density at radius 1 is 1.71 bits per heavy atom. The SMILES string of the molecule is CC(CCC(=O)O)CN1CCOC1=O. The fourth-order valence-corrected chi connectivity index (χ4v) is 1.43. The number of carbonyl (C=O) groups excluding carboxylic acids is 1. The second-order valence-electron chi connectivity index (χ2n) is 3.60. The zero-order valence-corrected chi connectivity index (χ0v) is 8.23. The average Bonchev–Trinajstić information content (AvgIpc) is 2.49. The number of rotatable bonds is 5. The molecule has 1 rings (SSSR count). The monoisotopic (exact) mass is 201 g/mol. The van der Waals surface area contributed by atoms with E-state index in [4.69, 9.17) is 9.84 Å². The lowest BCUT2D eigenvalue weighted by Crippen LogP contribution is -2.29. The van der Waals surface area contributed by atoms with E-state index in [2.05, 4.69) is 0 Å². The molecule has 0 aliphatic carbocycles. The van der Waals surface area contributed by atoms with Gasteiger partial charge in [0.1, 0.15) is 6.61 Å². The van der Waals surface area contributed by atoms with Gasteiger partial charge in [-0.15, -0.1) is 0 Å². The molecule has 1 atom stereocenters. The number of amides is 1. The number of aliphatic carboxylic acids is 1. The Kier molecular flexibility index (Phi) is 3.73. The van der Waals surface area contributed by atoms with Crippen LogP contribution in [0.5, 0.6) is 0 Å². The van der Waals surface area contributed by atoms with Gasteiger partial charge in [0.05, 0.1) is 6.54 Å². The van der Waals surface area contributed by atoms with Crippen molar-refractivity contribution in [3.05, 3.63) is 0 Å². The Bertz CT molecular complexity index is 229. The fourth-order valence-electron chi connectivity index (χ4n) is 1.43. The number of carboxylic acid groups (broad SMARTS) is 1. The molecule has 0 radical (unpaired) electrons. The standard InChI is InChI=1S/C9H15NO4/c1-7(2-3-8(11)12)6-10-4-5-14-9(10)13/h7H,2-6H2,1H3,(H,11,12). The van der Waals surface area contributed by atoms with Crippen molar-refractivity contribution in [2.45, 2.75) is 19.8 Å². The lowest BCUT2D eigenvalue weighted by molar-refractivity contribution is -0.137. The third-order valence-corrected chi connectivity index (χ3v) is 2.23. The van der Waals surface area contributed by atoms with Crippen LogP contribution in [0.25, 0.3) is 0 Å².